The van der Waals surface area contributed by atoms with Crippen LogP contribution in [-0.2, 0) is 16.7 Å². The van der Waals surface area contributed by atoms with E-state index in [2.05, 4.69) is 5.32 Å². The van der Waals surface area contributed by atoms with Crippen LogP contribution >= 0.6 is 0 Å². The van der Waals surface area contributed by atoms with Crippen LogP contribution in [-0.4, -0.2) is 108 Å². The topological polar surface area (TPSA) is 233 Å². The fourth-order valence-corrected chi connectivity index (χ4v) is 6.14. The number of hydroxylamine groups is 3. The number of non-ortho nitro benzene ring substituents is 2. The van der Waals surface area contributed by atoms with Gasteiger partial charge in [-0.1, -0.05) is 24.3 Å². The maximum atomic E-state index is 13.6. The van der Waals surface area contributed by atoms with Crippen molar-refractivity contribution in [2.75, 3.05) is 52.6 Å². The fraction of sp³-hybridized carbons (Fsp3) is 0.281. The van der Waals surface area contributed by atoms with E-state index in [-0.39, 0.29) is 48.7 Å². The van der Waals surface area contributed by atoms with E-state index in [1.54, 1.807) is 43.4 Å². The van der Waals surface area contributed by atoms with E-state index in [4.69, 9.17) is 4.55 Å². The zero-order chi connectivity index (χ0) is 36.5. The van der Waals surface area contributed by atoms with E-state index in [1.807, 2.05) is 4.90 Å². The number of hydrogen-bond acceptors (Lipinski definition) is 12. The number of carbonyl (C=O) groups excluding carboxylic acids is 3. The number of hydrogen-bond donors (Lipinski definition) is 2. The molecule has 50 heavy (non-hydrogen) atoms. The minimum atomic E-state index is -3.67. The van der Waals surface area contributed by atoms with E-state index in [0.29, 0.717) is 58.6 Å². The Hall–Kier alpha value is -5.24. The lowest BCUT2D eigenvalue weighted by Crippen LogP contribution is -2.52. The summed E-state index contributed by atoms with van der Waals surface area (Å²) >= 11 is 0. The number of benzene rings is 4. The molecule has 262 valence electrons. The van der Waals surface area contributed by atoms with Gasteiger partial charge >= 0.3 is 5.91 Å². The predicted molar refractivity (Wildman–Crippen MR) is 181 cm³/mol. The summed E-state index contributed by atoms with van der Waals surface area (Å²) in [6, 6.07) is 15.1. The van der Waals surface area contributed by atoms with Gasteiger partial charge in [-0.15, -0.1) is 0 Å². The Morgan fingerprint density at radius 1 is 0.860 bits per heavy atom. The Morgan fingerprint density at radius 3 is 2.04 bits per heavy atom. The van der Waals surface area contributed by atoms with Gasteiger partial charge in [-0.3, -0.25) is 43.9 Å². The molecule has 0 aliphatic carbocycles. The highest BCUT2D eigenvalue weighted by Gasteiger charge is 2.37. The Kier molecular flexibility index (Phi) is 10.1. The van der Waals surface area contributed by atoms with Crippen molar-refractivity contribution in [1.29, 1.82) is 0 Å². The minimum Gasteiger partial charge on any atom is -0.625 e. The molecular weight excluding hydrogens is 676 g/mol. The van der Waals surface area contributed by atoms with E-state index < -0.39 is 42.3 Å². The van der Waals surface area contributed by atoms with Gasteiger partial charge in [0.05, 0.1) is 33.8 Å². The average Bonchev–Trinajstić information content (AvgIpc) is 3.04. The van der Waals surface area contributed by atoms with Crippen LogP contribution in [0.25, 0.3) is 21.5 Å². The van der Waals surface area contributed by atoms with Crippen molar-refractivity contribution in [3.8, 4) is 0 Å². The first kappa shape index (κ1) is 36.1. The molecule has 0 saturated carbocycles. The number of rotatable bonds is 11. The molecule has 2 aliphatic heterocycles. The van der Waals surface area contributed by atoms with Crippen LogP contribution in [0.15, 0.2) is 60.7 Å². The predicted octanol–water partition coefficient (Wildman–Crippen LogP) is 3.10. The summed E-state index contributed by atoms with van der Waals surface area (Å²) in [5.41, 5.74) is 0.808. The monoisotopic (exact) mass is 708 g/mol. The van der Waals surface area contributed by atoms with Gasteiger partial charge in [0.2, 0.25) is 0 Å². The third kappa shape index (κ3) is 7.49. The van der Waals surface area contributed by atoms with Crippen molar-refractivity contribution in [1.82, 2.24) is 15.1 Å². The second kappa shape index (κ2) is 13.9. The number of amides is 3. The highest BCUT2D eigenvalue weighted by molar-refractivity contribution is 7.85. The van der Waals surface area contributed by atoms with Crippen LogP contribution in [0.5, 0.6) is 0 Å². The van der Waals surface area contributed by atoms with Crippen molar-refractivity contribution < 1.29 is 41.8 Å². The van der Waals surface area contributed by atoms with Crippen molar-refractivity contribution in [2.24, 2.45) is 0 Å². The SMILES string of the molecule is CN(CCNCC[N+]1([O-])Cc2cc([N+](=O)[O-])cc3cccc(c23)C1=O)CCN1C(=O)c2cccc3cc([N+](=O)[O-])cc(c23)C1=O.CS(=O)(=O)O. The molecule has 1 unspecified atom stereocenters. The average molecular weight is 709 g/mol. The zero-order valence-electron chi connectivity index (χ0n) is 26.9. The molecule has 1 atom stereocenters. The molecule has 17 nitrogen and oxygen atoms in total. The third-order valence-corrected chi connectivity index (χ3v) is 8.43. The third-order valence-electron chi connectivity index (χ3n) is 8.43. The largest absolute Gasteiger partial charge is 0.625 e. The summed E-state index contributed by atoms with van der Waals surface area (Å²) in [6.07, 6.45) is 0.715. The normalized spacial score (nSPS) is 16.9. The molecule has 2 N–H and O–H groups in total. The molecule has 18 heteroatoms. The molecule has 0 radical (unpaired) electrons. The second-order valence-corrected chi connectivity index (χ2v) is 13.5. The zero-order valence-corrected chi connectivity index (χ0v) is 27.7. The van der Waals surface area contributed by atoms with Crippen LogP contribution in [0.2, 0.25) is 0 Å². The van der Waals surface area contributed by atoms with Crippen molar-refractivity contribution >= 4 is 60.8 Å². The Balaban J connectivity index is 0.000000908. The number of nitro benzene ring substituents is 2. The molecule has 6 rings (SSSR count). The lowest BCUT2D eigenvalue weighted by Gasteiger charge is -2.42. The highest BCUT2D eigenvalue weighted by atomic mass is 32.2. The highest BCUT2D eigenvalue weighted by Crippen LogP contribution is 2.36. The van der Waals surface area contributed by atoms with Gasteiger partial charge in [-0.25, -0.2) is 4.79 Å². The molecule has 2 heterocycles. The van der Waals surface area contributed by atoms with E-state index in [1.165, 1.54) is 24.3 Å². The molecule has 4 aromatic rings. The minimum absolute atomic E-state index is 0.0683. The molecule has 2 aliphatic rings. The molecule has 4 aromatic carbocycles. The van der Waals surface area contributed by atoms with Gasteiger partial charge in [0.15, 0.2) is 0 Å². The summed E-state index contributed by atoms with van der Waals surface area (Å²) < 4.78 is 24.7. The molecule has 0 aromatic heterocycles. The van der Waals surface area contributed by atoms with Gasteiger partial charge in [0, 0.05) is 78.9 Å². The van der Waals surface area contributed by atoms with Crippen LogP contribution in [0.1, 0.15) is 36.6 Å². The van der Waals surface area contributed by atoms with E-state index in [9.17, 15) is 48.2 Å². The van der Waals surface area contributed by atoms with Gasteiger partial charge in [0.1, 0.15) is 6.54 Å². The van der Waals surface area contributed by atoms with Crippen LogP contribution < -0.4 is 5.32 Å². The summed E-state index contributed by atoms with van der Waals surface area (Å²) in [5, 5.41) is 41.6. The first-order chi connectivity index (χ1) is 23.5. The lowest BCUT2D eigenvalue weighted by atomic mass is 9.93. The maximum Gasteiger partial charge on any atom is 0.346 e. The number of quaternary nitrogens is 1. The van der Waals surface area contributed by atoms with Gasteiger partial charge in [-0.05, 0) is 30.0 Å². The maximum absolute atomic E-state index is 13.6. The van der Waals surface area contributed by atoms with Crippen LogP contribution in [0.3, 0.4) is 0 Å². The molecule has 0 saturated heterocycles. The number of carbonyl (C=O) groups is 3. The molecular formula is C32H32N6O11S. The van der Waals surface area contributed by atoms with Gasteiger partial charge in [-0.2, -0.15) is 8.42 Å². The van der Waals surface area contributed by atoms with Crippen molar-refractivity contribution in [3.63, 3.8) is 0 Å². The molecule has 3 amide bonds. The first-order valence-electron chi connectivity index (χ1n) is 15.2. The number of nitro groups is 2. The Labute approximate surface area is 284 Å². The molecule has 0 fully saturated rings. The Morgan fingerprint density at radius 2 is 1.42 bits per heavy atom. The summed E-state index contributed by atoms with van der Waals surface area (Å²) in [7, 11) is -1.86. The van der Waals surface area contributed by atoms with Crippen LogP contribution in [0.4, 0.5) is 11.4 Å². The summed E-state index contributed by atoms with van der Waals surface area (Å²) in [4.78, 5) is 64.4. The number of nitrogens with zero attached hydrogens (tertiary/aromatic N) is 5. The van der Waals surface area contributed by atoms with Gasteiger partial charge < -0.3 is 15.4 Å². The lowest BCUT2D eigenvalue weighted by molar-refractivity contribution is -0.811. The number of imide groups is 1. The Bertz CT molecular complexity index is 2180. The van der Waals surface area contributed by atoms with E-state index >= 15 is 0 Å². The second-order valence-electron chi connectivity index (χ2n) is 12.0. The first-order valence-corrected chi connectivity index (χ1v) is 17.1. The van der Waals surface area contributed by atoms with E-state index in [0.717, 1.165) is 4.90 Å². The van der Waals surface area contributed by atoms with Crippen molar-refractivity contribution in [3.05, 3.63) is 108 Å². The molecule has 0 bridgehead atoms. The smallest absolute Gasteiger partial charge is 0.346 e. The van der Waals surface area contributed by atoms with Crippen molar-refractivity contribution in [2.45, 2.75) is 6.54 Å². The number of likely N-dealkylation sites (N-methyl/N-ethyl adjacent to an activating group) is 1. The molecule has 0 spiro atoms. The summed E-state index contributed by atoms with van der Waals surface area (Å²) in [5.74, 6) is -1.63. The van der Waals surface area contributed by atoms with Crippen LogP contribution in [0, 0.1) is 25.4 Å². The van der Waals surface area contributed by atoms with Gasteiger partial charge in [0.25, 0.3) is 33.3 Å². The fourth-order valence-electron chi connectivity index (χ4n) is 6.14. The quantitative estimate of drug-likeness (QED) is 0.0434. The number of nitrogens with one attached hydrogen (secondary N) is 1. The standard InChI is InChI=1S/C31H28N6O8.CH4O3S/c1-33(11-12-34-29(38)24-6-2-5-20-15-23(36(43)44)17-26(28(20)24)30(34)39)10-8-32-9-13-37(45)18-21-16-22(35(41)42)14-19-4-3-7-25(27(19)21)31(37)40;1-5(2,3)4/h2-7,14-17,32H,8-13,18H2,1H3;1H3,(H,2,3,4). The summed E-state index contributed by atoms with van der Waals surface area (Å²) in [6.45, 7) is 1.28.